The molecule has 2 aliphatic rings. The van der Waals surface area contributed by atoms with Crippen molar-refractivity contribution in [1.29, 1.82) is 0 Å². The number of amides is 1. The predicted octanol–water partition coefficient (Wildman–Crippen LogP) is 2.75. The molecule has 0 radical (unpaired) electrons. The van der Waals surface area contributed by atoms with Gasteiger partial charge in [0.05, 0.1) is 12.4 Å². The Labute approximate surface area is 126 Å². The molecule has 0 aromatic carbocycles. The molecule has 2 heterocycles. The molecule has 1 aliphatic heterocycles. The summed E-state index contributed by atoms with van der Waals surface area (Å²) in [7, 11) is 0. The number of aliphatic hydroxyl groups excluding tert-OH is 1. The number of furan rings is 1. The van der Waals surface area contributed by atoms with E-state index in [-0.39, 0.29) is 24.0 Å². The monoisotopic (exact) mass is 291 g/mol. The number of rotatable bonds is 4. The van der Waals surface area contributed by atoms with Crippen LogP contribution >= 0.6 is 0 Å². The van der Waals surface area contributed by atoms with E-state index < -0.39 is 0 Å². The van der Waals surface area contributed by atoms with Crippen LogP contribution in [0.1, 0.15) is 50.7 Å². The summed E-state index contributed by atoms with van der Waals surface area (Å²) >= 11 is 0. The second-order valence-electron chi connectivity index (χ2n) is 6.39. The Kier molecular flexibility index (Phi) is 4.63. The van der Waals surface area contributed by atoms with Crippen molar-refractivity contribution < 1.29 is 14.3 Å². The molecule has 1 amide bonds. The quantitative estimate of drug-likeness (QED) is 0.928. The van der Waals surface area contributed by atoms with Crippen LogP contribution in [-0.2, 0) is 11.2 Å². The van der Waals surface area contributed by atoms with Gasteiger partial charge in [-0.3, -0.25) is 4.79 Å². The molecule has 2 fully saturated rings. The maximum atomic E-state index is 12.5. The molecular formula is C17H25NO3. The van der Waals surface area contributed by atoms with Crippen molar-refractivity contribution in [3.8, 4) is 0 Å². The first-order valence-corrected chi connectivity index (χ1v) is 8.25. The molecule has 116 valence electrons. The lowest BCUT2D eigenvalue weighted by Crippen LogP contribution is -2.45. The molecule has 1 aromatic rings. The molecule has 1 aliphatic carbocycles. The molecule has 1 N–H and O–H groups in total. The number of aliphatic hydroxyl groups is 1. The Balaban J connectivity index is 1.59. The summed E-state index contributed by atoms with van der Waals surface area (Å²) in [6, 6.07) is 4.03. The van der Waals surface area contributed by atoms with Crippen LogP contribution in [0.4, 0.5) is 0 Å². The van der Waals surface area contributed by atoms with Crippen LogP contribution in [0.2, 0.25) is 0 Å². The van der Waals surface area contributed by atoms with E-state index in [1.165, 1.54) is 6.42 Å². The van der Waals surface area contributed by atoms with Gasteiger partial charge in [0.2, 0.25) is 5.91 Å². The molecule has 0 spiro atoms. The van der Waals surface area contributed by atoms with Gasteiger partial charge in [0.25, 0.3) is 0 Å². The molecule has 1 aromatic heterocycles. The van der Waals surface area contributed by atoms with Crippen molar-refractivity contribution in [2.24, 2.45) is 5.92 Å². The van der Waals surface area contributed by atoms with Crippen LogP contribution < -0.4 is 0 Å². The Bertz CT molecular complexity index is 457. The molecule has 21 heavy (non-hydrogen) atoms. The van der Waals surface area contributed by atoms with Gasteiger partial charge in [-0.05, 0) is 37.8 Å². The Morgan fingerprint density at radius 2 is 2.14 bits per heavy atom. The van der Waals surface area contributed by atoms with Gasteiger partial charge in [0, 0.05) is 31.3 Å². The van der Waals surface area contributed by atoms with E-state index in [9.17, 15) is 9.90 Å². The van der Waals surface area contributed by atoms with Crippen LogP contribution in [0, 0.1) is 5.92 Å². The Morgan fingerprint density at radius 1 is 1.29 bits per heavy atom. The van der Waals surface area contributed by atoms with E-state index in [0.717, 1.165) is 44.4 Å². The van der Waals surface area contributed by atoms with Crippen molar-refractivity contribution in [3.63, 3.8) is 0 Å². The van der Waals surface area contributed by atoms with Gasteiger partial charge in [-0.25, -0.2) is 0 Å². The van der Waals surface area contributed by atoms with Crippen LogP contribution in [0.5, 0.6) is 0 Å². The summed E-state index contributed by atoms with van der Waals surface area (Å²) in [5.41, 5.74) is 0. The largest absolute Gasteiger partial charge is 0.469 e. The Morgan fingerprint density at radius 3 is 2.90 bits per heavy atom. The normalized spacial score (nSPS) is 29.8. The third-order valence-electron chi connectivity index (χ3n) is 5.06. The van der Waals surface area contributed by atoms with Gasteiger partial charge >= 0.3 is 0 Å². The van der Waals surface area contributed by atoms with Crippen LogP contribution in [0.25, 0.3) is 0 Å². The van der Waals surface area contributed by atoms with Crippen molar-refractivity contribution in [3.05, 3.63) is 24.2 Å². The third kappa shape index (κ3) is 3.31. The predicted molar refractivity (Wildman–Crippen MR) is 79.7 cm³/mol. The molecule has 3 atom stereocenters. The summed E-state index contributed by atoms with van der Waals surface area (Å²) < 4.78 is 5.30. The molecule has 4 heteroatoms. The molecular weight excluding hydrogens is 266 g/mol. The van der Waals surface area contributed by atoms with Gasteiger partial charge < -0.3 is 14.4 Å². The standard InChI is InChI=1S/C17H25NO3/c19-16-8-2-1-6-14(16)15-7-3-11-18(15)17(20)10-9-13-5-4-12-21-13/h4-5,12,14-16,19H,1-3,6-11H2. The minimum Gasteiger partial charge on any atom is -0.469 e. The highest BCUT2D eigenvalue weighted by Crippen LogP contribution is 2.35. The SMILES string of the molecule is O=C(CCc1ccco1)N1CCCC1C1CCCCC1O. The molecule has 3 unspecified atom stereocenters. The van der Waals surface area contributed by atoms with Gasteiger partial charge in [-0.2, -0.15) is 0 Å². The summed E-state index contributed by atoms with van der Waals surface area (Å²) in [6.07, 6.45) is 9.00. The average Bonchev–Trinajstić information content (AvgIpc) is 3.16. The van der Waals surface area contributed by atoms with Crippen LogP contribution in [-0.4, -0.2) is 34.6 Å². The lowest BCUT2D eigenvalue weighted by Gasteiger charge is -2.37. The molecule has 4 nitrogen and oxygen atoms in total. The lowest BCUT2D eigenvalue weighted by atomic mass is 9.80. The van der Waals surface area contributed by atoms with Gasteiger partial charge in [0.1, 0.15) is 5.76 Å². The second-order valence-corrected chi connectivity index (χ2v) is 6.39. The highest BCUT2D eigenvalue weighted by Gasteiger charge is 2.38. The number of nitrogens with zero attached hydrogens (tertiary/aromatic N) is 1. The molecule has 1 saturated carbocycles. The summed E-state index contributed by atoms with van der Waals surface area (Å²) in [5.74, 6) is 1.37. The fourth-order valence-electron chi connectivity index (χ4n) is 3.96. The fraction of sp³-hybridized carbons (Fsp3) is 0.706. The lowest BCUT2D eigenvalue weighted by molar-refractivity contribution is -0.134. The van der Waals surface area contributed by atoms with Gasteiger partial charge in [-0.1, -0.05) is 12.8 Å². The number of aryl methyl sites for hydroxylation is 1. The van der Waals surface area contributed by atoms with E-state index in [4.69, 9.17) is 4.42 Å². The molecule has 1 saturated heterocycles. The number of carbonyl (C=O) groups excluding carboxylic acids is 1. The maximum Gasteiger partial charge on any atom is 0.223 e. The maximum absolute atomic E-state index is 12.5. The van der Waals surface area contributed by atoms with E-state index in [2.05, 4.69) is 0 Å². The topological polar surface area (TPSA) is 53.7 Å². The van der Waals surface area contributed by atoms with E-state index in [1.54, 1.807) is 6.26 Å². The number of likely N-dealkylation sites (tertiary alicyclic amines) is 1. The van der Waals surface area contributed by atoms with Crippen LogP contribution in [0.3, 0.4) is 0 Å². The third-order valence-corrected chi connectivity index (χ3v) is 5.06. The molecule has 3 rings (SSSR count). The van der Waals surface area contributed by atoms with Crippen molar-refractivity contribution in [2.75, 3.05) is 6.54 Å². The number of carbonyl (C=O) groups is 1. The first-order valence-electron chi connectivity index (χ1n) is 8.25. The van der Waals surface area contributed by atoms with Crippen molar-refractivity contribution in [1.82, 2.24) is 4.90 Å². The zero-order valence-corrected chi connectivity index (χ0v) is 12.5. The zero-order valence-electron chi connectivity index (χ0n) is 12.5. The van der Waals surface area contributed by atoms with Crippen LogP contribution in [0.15, 0.2) is 22.8 Å². The number of hydrogen-bond acceptors (Lipinski definition) is 3. The summed E-state index contributed by atoms with van der Waals surface area (Å²) in [4.78, 5) is 14.5. The zero-order chi connectivity index (χ0) is 14.7. The molecule has 0 bridgehead atoms. The fourth-order valence-corrected chi connectivity index (χ4v) is 3.96. The second kappa shape index (κ2) is 6.65. The van der Waals surface area contributed by atoms with E-state index in [0.29, 0.717) is 12.8 Å². The highest BCUT2D eigenvalue weighted by molar-refractivity contribution is 5.77. The number of hydrogen-bond donors (Lipinski definition) is 1. The summed E-state index contributed by atoms with van der Waals surface area (Å²) in [6.45, 7) is 0.852. The van der Waals surface area contributed by atoms with E-state index >= 15 is 0 Å². The first-order chi connectivity index (χ1) is 10.3. The minimum atomic E-state index is -0.220. The Hall–Kier alpha value is -1.29. The minimum absolute atomic E-state index is 0.215. The van der Waals surface area contributed by atoms with Crippen molar-refractivity contribution in [2.45, 2.75) is 63.5 Å². The smallest absolute Gasteiger partial charge is 0.223 e. The summed E-state index contributed by atoms with van der Waals surface area (Å²) in [5, 5.41) is 10.3. The average molecular weight is 291 g/mol. The van der Waals surface area contributed by atoms with Gasteiger partial charge in [-0.15, -0.1) is 0 Å². The van der Waals surface area contributed by atoms with Crippen molar-refractivity contribution >= 4 is 5.91 Å². The van der Waals surface area contributed by atoms with E-state index in [1.807, 2.05) is 17.0 Å². The highest BCUT2D eigenvalue weighted by atomic mass is 16.3. The van der Waals surface area contributed by atoms with Gasteiger partial charge in [0.15, 0.2) is 0 Å². The first kappa shape index (κ1) is 14.6.